The zero-order valence-electron chi connectivity index (χ0n) is 11.1. The standard InChI is InChI=1S/C14H18O4/c1-5-6-7-8-9-14(3)12(15)11(10(2)18-14)13(16)17-4/h5-8H,9H2,1-4H3/b6-5+,8-7+/t14-/m1/s1. The minimum atomic E-state index is -1.01. The Bertz CT molecular complexity index is 443. The third kappa shape index (κ3) is 2.70. The van der Waals surface area contributed by atoms with Gasteiger partial charge in [-0.15, -0.1) is 0 Å². The van der Waals surface area contributed by atoms with Crippen LogP contribution in [0.1, 0.15) is 27.2 Å². The highest BCUT2D eigenvalue weighted by Gasteiger charge is 2.46. The van der Waals surface area contributed by atoms with Crippen LogP contribution in [0, 0.1) is 0 Å². The number of rotatable bonds is 4. The number of hydrogen-bond donors (Lipinski definition) is 0. The lowest BCUT2D eigenvalue weighted by atomic mass is 9.93. The topological polar surface area (TPSA) is 52.6 Å². The molecule has 18 heavy (non-hydrogen) atoms. The number of ketones is 1. The first-order valence-corrected chi connectivity index (χ1v) is 5.77. The molecule has 0 fully saturated rings. The lowest BCUT2D eigenvalue weighted by Crippen LogP contribution is -2.34. The van der Waals surface area contributed by atoms with Crippen LogP contribution in [0.5, 0.6) is 0 Å². The zero-order chi connectivity index (χ0) is 13.8. The third-order valence-electron chi connectivity index (χ3n) is 2.77. The Kier molecular flexibility index (Phi) is 4.48. The van der Waals surface area contributed by atoms with Gasteiger partial charge in [0.2, 0.25) is 5.78 Å². The Morgan fingerprint density at radius 3 is 2.67 bits per heavy atom. The minimum absolute atomic E-state index is 0.0134. The number of esters is 1. The normalized spacial score (nSPS) is 24.1. The van der Waals surface area contributed by atoms with E-state index < -0.39 is 11.6 Å². The monoisotopic (exact) mass is 250 g/mol. The zero-order valence-corrected chi connectivity index (χ0v) is 11.1. The van der Waals surface area contributed by atoms with E-state index in [-0.39, 0.29) is 11.4 Å². The second kappa shape index (κ2) is 5.67. The highest BCUT2D eigenvalue weighted by atomic mass is 16.5. The summed E-state index contributed by atoms with van der Waals surface area (Å²) in [6, 6.07) is 0. The van der Waals surface area contributed by atoms with Gasteiger partial charge in [0, 0.05) is 6.42 Å². The fourth-order valence-corrected chi connectivity index (χ4v) is 1.82. The number of carbonyl (C=O) groups excluding carboxylic acids is 2. The molecule has 1 rings (SSSR count). The Balaban J connectivity index is 2.85. The van der Waals surface area contributed by atoms with Gasteiger partial charge in [-0.2, -0.15) is 0 Å². The molecular formula is C14H18O4. The van der Waals surface area contributed by atoms with Crippen molar-refractivity contribution in [2.24, 2.45) is 0 Å². The first-order valence-electron chi connectivity index (χ1n) is 5.77. The third-order valence-corrected chi connectivity index (χ3v) is 2.77. The molecule has 0 bridgehead atoms. The quantitative estimate of drug-likeness (QED) is 0.436. The fraction of sp³-hybridized carbons (Fsp3) is 0.429. The van der Waals surface area contributed by atoms with Gasteiger partial charge in [0.15, 0.2) is 5.60 Å². The molecule has 0 radical (unpaired) electrons. The van der Waals surface area contributed by atoms with Gasteiger partial charge in [0.25, 0.3) is 0 Å². The maximum atomic E-state index is 12.2. The van der Waals surface area contributed by atoms with E-state index in [1.807, 2.05) is 31.2 Å². The minimum Gasteiger partial charge on any atom is -0.483 e. The van der Waals surface area contributed by atoms with Gasteiger partial charge >= 0.3 is 5.97 Å². The number of carbonyl (C=O) groups is 2. The molecule has 0 aromatic rings. The molecule has 0 spiro atoms. The van der Waals surface area contributed by atoms with Gasteiger partial charge in [-0.25, -0.2) is 4.79 Å². The molecule has 1 atom stereocenters. The van der Waals surface area contributed by atoms with E-state index in [1.54, 1.807) is 13.8 Å². The van der Waals surface area contributed by atoms with E-state index in [0.717, 1.165) is 0 Å². The summed E-state index contributed by atoms with van der Waals surface area (Å²) < 4.78 is 10.1. The van der Waals surface area contributed by atoms with Crippen molar-refractivity contribution >= 4 is 11.8 Å². The van der Waals surface area contributed by atoms with E-state index >= 15 is 0 Å². The van der Waals surface area contributed by atoms with Crippen molar-refractivity contribution in [3.05, 3.63) is 35.6 Å². The van der Waals surface area contributed by atoms with Crippen molar-refractivity contribution in [3.63, 3.8) is 0 Å². The van der Waals surface area contributed by atoms with Gasteiger partial charge in [-0.05, 0) is 20.8 Å². The van der Waals surface area contributed by atoms with Crippen molar-refractivity contribution in [1.29, 1.82) is 0 Å². The van der Waals surface area contributed by atoms with Crippen molar-refractivity contribution in [3.8, 4) is 0 Å². The highest BCUT2D eigenvalue weighted by molar-refractivity contribution is 6.22. The summed E-state index contributed by atoms with van der Waals surface area (Å²) in [6.45, 7) is 5.18. The molecule has 0 aliphatic carbocycles. The first-order chi connectivity index (χ1) is 8.46. The molecule has 0 aromatic heterocycles. The predicted molar refractivity (Wildman–Crippen MR) is 67.8 cm³/mol. The van der Waals surface area contributed by atoms with Crippen molar-refractivity contribution < 1.29 is 19.1 Å². The average Bonchev–Trinajstić information content (AvgIpc) is 2.55. The van der Waals surface area contributed by atoms with Crippen LogP contribution in [-0.4, -0.2) is 24.5 Å². The smallest absolute Gasteiger partial charge is 0.345 e. The van der Waals surface area contributed by atoms with Crippen LogP contribution >= 0.6 is 0 Å². The molecular weight excluding hydrogens is 232 g/mol. The molecule has 1 aliphatic rings. The summed E-state index contributed by atoms with van der Waals surface area (Å²) in [5, 5.41) is 0. The summed E-state index contributed by atoms with van der Waals surface area (Å²) >= 11 is 0. The van der Waals surface area contributed by atoms with Crippen LogP contribution < -0.4 is 0 Å². The number of methoxy groups -OCH3 is 1. The number of hydrogen-bond acceptors (Lipinski definition) is 4. The lowest BCUT2D eigenvalue weighted by molar-refractivity contribution is -0.139. The molecule has 4 nitrogen and oxygen atoms in total. The van der Waals surface area contributed by atoms with E-state index in [0.29, 0.717) is 12.2 Å². The highest BCUT2D eigenvalue weighted by Crippen LogP contribution is 2.33. The van der Waals surface area contributed by atoms with Gasteiger partial charge < -0.3 is 9.47 Å². The Hall–Kier alpha value is -1.84. The Morgan fingerprint density at radius 2 is 2.11 bits per heavy atom. The van der Waals surface area contributed by atoms with E-state index in [9.17, 15) is 9.59 Å². The van der Waals surface area contributed by atoms with Crippen LogP contribution in [0.4, 0.5) is 0 Å². The van der Waals surface area contributed by atoms with Crippen molar-refractivity contribution in [1.82, 2.24) is 0 Å². The van der Waals surface area contributed by atoms with Crippen molar-refractivity contribution in [2.45, 2.75) is 32.8 Å². The summed E-state index contributed by atoms with van der Waals surface area (Å²) in [5.41, 5.74) is -0.995. The second-order valence-electron chi connectivity index (χ2n) is 4.24. The molecule has 0 aromatic carbocycles. The fourth-order valence-electron chi connectivity index (χ4n) is 1.82. The van der Waals surface area contributed by atoms with E-state index in [1.165, 1.54) is 7.11 Å². The molecule has 1 heterocycles. The molecule has 0 saturated carbocycles. The number of ether oxygens (including phenoxy) is 2. The second-order valence-corrected chi connectivity index (χ2v) is 4.24. The van der Waals surface area contributed by atoms with Crippen LogP contribution in [-0.2, 0) is 19.1 Å². The van der Waals surface area contributed by atoms with Gasteiger partial charge in [0.1, 0.15) is 11.3 Å². The molecule has 1 aliphatic heterocycles. The molecule has 0 N–H and O–H groups in total. The summed E-state index contributed by atoms with van der Waals surface area (Å²) in [5.74, 6) is -0.635. The maximum absolute atomic E-state index is 12.2. The predicted octanol–water partition coefficient (Wildman–Crippen LogP) is 2.31. The lowest BCUT2D eigenvalue weighted by Gasteiger charge is -2.21. The first kappa shape index (κ1) is 14.2. The van der Waals surface area contributed by atoms with Crippen molar-refractivity contribution in [2.75, 3.05) is 7.11 Å². The van der Waals surface area contributed by atoms with E-state index in [4.69, 9.17) is 4.74 Å². The van der Waals surface area contributed by atoms with Crippen LogP contribution in [0.3, 0.4) is 0 Å². The van der Waals surface area contributed by atoms with Crippen LogP contribution in [0.25, 0.3) is 0 Å². The summed E-state index contributed by atoms with van der Waals surface area (Å²) in [6.07, 6.45) is 7.84. The Labute approximate surface area is 107 Å². The van der Waals surface area contributed by atoms with Crippen LogP contribution in [0.15, 0.2) is 35.6 Å². The molecule has 98 valence electrons. The largest absolute Gasteiger partial charge is 0.483 e. The van der Waals surface area contributed by atoms with E-state index in [2.05, 4.69) is 4.74 Å². The summed E-state index contributed by atoms with van der Waals surface area (Å²) in [4.78, 5) is 23.7. The molecule has 0 saturated heterocycles. The SMILES string of the molecule is C/C=C/C=C/C[C@@]1(C)OC(C)=C(C(=O)OC)C1=O. The average molecular weight is 250 g/mol. The Morgan fingerprint density at radius 1 is 1.44 bits per heavy atom. The van der Waals surface area contributed by atoms with Gasteiger partial charge in [-0.3, -0.25) is 4.79 Å². The molecule has 0 amide bonds. The molecule has 0 unspecified atom stereocenters. The van der Waals surface area contributed by atoms with Crippen LogP contribution in [0.2, 0.25) is 0 Å². The van der Waals surface area contributed by atoms with Gasteiger partial charge in [0.05, 0.1) is 7.11 Å². The van der Waals surface area contributed by atoms with Gasteiger partial charge in [-0.1, -0.05) is 24.3 Å². The molecule has 4 heteroatoms. The maximum Gasteiger partial charge on any atom is 0.345 e. The number of Topliss-reactive ketones (excluding diaryl/α,β-unsaturated/α-hetero) is 1. The number of allylic oxidation sites excluding steroid dienone is 4. The summed E-state index contributed by atoms with van der Waals surface area (Å²) in [7, 11) is 1.25.